The second-order valence-electron chi connectivity index (χ2n) is 9.25. The van der Waals surface area contributed by atoms with Crippen LogP contribution in [0.4, 0.5) is 5.69 Å². The highest BCUT2D eigenvalue weighted by Gasteiger charge is 2.20. The Morgan fingerprint density at radius 3 is 2.36 bits per heavy atom. The van der Waals surface area contributed by atoms with Gasteiger partial charge in [-0.25, -0.2) is 4.79 Å². The molecule has 178 valence electrons. The van der Waals surface area contributed by atoms with Crippen LogP contribution in [-0.2, 0) is 30.8 Å². The van der Waals surface area contributed by atoms with Gasteiger partial charge >= 0.3 is 5.69 Å². The fraction of sp³-hybridized carbons (Fsp3) is 0.500. The number of benzene rings is 1. The van der Waals surface area contributed by atoms with Gasteiger partial charge in [-0.3, -0.25) is 23.3 Å². The number of hydrogen-bond donors (Lipinski definition) is 1. The number of nitrogens with zero attached hydrogens (tertiary/aromatic N) is 4. The molecule has 0 radical (unpaired) electrons. The van der Waals surface area contributed by atoms with E-state index in [9.17, 15) is 14.4 Å². The highest BCUT2D eigenvalue weighted by atomic mass is 16.5. The van der Waals surface area contributed by atoms with E-state index in [0.29, 0.717) is 25.1 Å². The van der Waals surface area contributed by atoms with Gasteiger partial charge in [-0.2, -0.15) is 4.98 Å². The molecule has 0 aliphatic rings. The zero-order valence-electron chi connectivity index (χ0n) is 20.3. The summed E-state index contributed by atoms with van der Waals surface area (Å²) in [5, 5.41) is 2.92. The molecular formula is C24H33N5O4. The molecule has 0 aliphatic heterocycles. The van der Waals surface area contributed by atoms with Crippen LogP contribution in [0.15, 0.2) is 33.9 Å². The van der Waals surface area contributed by atoms with Crippen LogP contribution >= 0.6 is 0 Å². The number of hydrogen-bond acceptors (Lipinski definition) is 5. The average molecular weight is 456 g/mol. The largest absolute Gasteiger partial charge is 0.465 e. The Bertz CT molecular complexity index is 1260. The Morgan fingerprint density at radius 2 is 1.76 bits per heavy atom. The zero-order valence-corrected chi connectivity index (χ0v) is 20.3. The van der Waals surface area contributed by atoms with Crippen molar-refractivity contribution in [3.05, 3.63) is 50.7 Å². The maximum atomic E-state index is 12.8. The van der Waals surface area contributed by atoms with E-state index in [1.165, 1.54) is 17.2 Å². The summed E-state index contributed by atoms with van der Waals surface area (Å²) in [7, 11) is 3.01. The van der Waals surface area contributed by atoms with Crippen molar-refractivity contribution in [1.82, 2.24) is 18.7 Å². The van der Waals surface area contributed by atoms with Crippen molar-refractivity contribution in [2.75, 3.05) is 11.9 Å². The molecule has 9 nitrogen and oxygen atoms in total. The lowest BCUT2D eigenvalue weighted by Crippen LogP contribution is -2.37. The minimum absolute atomic E-state index is 0.0498. The number of anilines is 1. The van der Waals surface area contributed by atoms with Gasteiger partial charge in [0.25, 0.3) is 11.6 Å². The Morgan fingerprint density at radius 1 is 1.09 bits per heavy atom. The molecule has 1 N–H and O–H groups in total. The average Bonchev–Trinajstić information content (AvgIpc) is 3.13. The van der Waals surface area contributed by atoms with Crippen LogP contribution in [0.25, 0.3) is 11.2 Å². The van der Waals surface area contributed by atoms with Crippen LogP contribution in [0.2, 0.25) is 0 Å². The standard InChI is InChI=1S/C24H33N5O4/c1-7-15-33-22-26-20-19(21(31)28(6)23(32)27(20)5)29(22)14-8-9-18(30)25-17-12-10-16(11-13-17)24(2,3)4/h10-13H,7-9,14-15H2,1-6H3,(H,25,30). The number of nitrogens with one attached hydrogen (secondary N) is 1. The third-order valence-corrected chi connectivity index (χ3v) is 5.57. The Balaban J connectivity index is 1.75. The molecule has 2 heterocycles. The predicted molar refractivity (Wildman–Crippen MR) is 129 cm³/mol. The summed E-state index contributed by atoms with van der Waals surface area (Å²) in [6, 6.07) is 8.13. The van der Waals surface area contributed by atoms with Gasteiger partial charge in [0.05, 0.1) is 6.61 Å². The molecule has 0 unspecified atom stereocenters. The van der Waals surface area contributed by atoms with E-state index in [4.69, 9.17) is 4.74 Å². The van der Waals surface area contributed by atoms with E-state index in [0.717, 1.165) is 16.7 Å². The maximum absolute atomic E-state index is 12.8. The first-order valence-corrected chi connectivity index (χ1v) is 11.2. The molecule has 33 heavy (non-hydrogen) atoms. The number of imidazole rings is 1. The van der Waals surface area contributed by atoms with Gasteiger partial charge in [0.15, 0.2) is 11.2 Å². The van der Waals surface area contributed by atoms with Crippen molar-refractivity contribution in [2.24, 2.45) is 14.1 Å². The minimum atomic E-state index is -0.448. The molecular weight excluding hydrogens is 422 g/mol. The number of carbonyl (C=O) groups is 1. The van der Waals surface area contributed by atoms with Gasteiger partial charge in [0, 0.05) is 32.7 Å². The summed E-state index contributed by atoms with van der Waals surface area (Å²) in [6.45, 7) is 9.19. The van der Waals surface area contributed by atoms with Crippen LogP contribution in [0, 0.1) is 0 Å². The molecule has 0 saturated heterocycles. The van der Waals surface area contributed by atoms with E-state index < -0.39 is 11.2 Å². The lowest BCUT2D eigenvalue weighted by Gasteiger charge is -2.19. The van der Waals surface area contributed by atoms with Gasteiger partial charge in [-0.15, -0.1) is 0 Å². The summed E-state index contributed by atoms with van der Waals surface area (Å²) in [6.07, 6.45) is 1.52. The molecule has 3 rings (SSSR count). The Labute approximate surface area is 193 Å². The van der Waals surface area contributed by atoms with Gasteiger partial charge in [-0.1, -0.05) is 39.8 Å². The predicted octanol–water partition coefficient (Wildman–Crippen LogP) is 2.94. The number of amides is 1. The molecule has 0 bridgehead atoms. The minimum Gasteiger partial charge on any atom is -0.465 e. The summed E-state index contributed by atoms with van der Waals surface area (Å²) >= 11 is 0. The molecule has 2 aromatic heterocycles. The zero-order chi connectivity index (χ0) is 24.3. The van der Waals surface area contributed by atoms with E-state index in [1.54, 1.807) is 11.6 Å². The molecule has 9 heteroatoms. The lowest BCUT2D eigenvalue weighted by atomic mass is 9.87. The second kappa shape index (κ2) is 9.64. The van der Waals surface area contributed by atoms with Crippen molar-refractivity contribution >= 4 is 22.8 Å². The first-order valence-electron chi connectivity index (χ1n) is 11.2. The summed E-state index contributed by atoms with van der Waals surface area (Å²) in [5.74, 6) is -0.112. The molecule has 1 aromatic carbocycles. The Kier molecular flexibility index (Phi) is 7.09. The van der Waals surface area contributed by atoms with Gasteiger partial charge in [0.2, 0.25) is 5.91 Å². The van der Waals surface area contributed by atoms with Crippen LogP contribution < -0.4 is 21.3 Å². The quantitative estimate of drug-likeness (QED) is 0.563. The number of aromatic nitrogens is 4. The number of carbonyl (C=O) groups excluding carboxylic acids is 1. The summed E-state index contributed by atoms with van der Waals surface area (Å²) in [4.78, 5) is 42.0. The first kappa shape index (κ1) is 24.3. The van der Waals surface area contributed by atoms with Gasteiger partial charge in [-0.05, 0) is 36.0 Å². The number of ether oxygens (including phenoxy) is 1. The topological polar surface area (TPSA) is 100 Å². The third kappa shape index (κ3) is 5.18. The van der Waals surface area contributed by atoms with Gasteiger partial charge in [0.1, 0.15) is 0 Å². The van der Waals surface area contributed by atoms with Crippen molar-refractivity contribution < 1.29 is 9.53 Å². The van der Waals surface area contributed by atoms with E-state index >= 15 is 0 Å². The van der Waals surface area contributed by atoms with E-state index in [2.05, 4.69) is 31.1 Å². The maximum Gasteiger partial charge on any atom is 0.332 e. The molecule has 1 amide bonds. The van der Waals surface area contributed by atoms with Crippen LogP contribution in [0.5, 0.6) is 6.01 Å². The molecule has 0 atom stereocenters. The monoisotopic (exact) mass is 455 g/mol. The first-order chi connectivity index (χ1) is 15.5. The molecule has 0 spiro atoms. The highest BCUT2D eigenvalue weighted by molar-refractivity contribution is 5.90. The number of fused-ring (bicyclic) bond motifs is 1. The summed E-state index contributed by atoms with van der Waals surface area (Å²) < 4.78 is 9.79. The fourth-order valence-corrected chi connectivity index (χ4v) is 3.61. The smallest absolute Gasteiger partial charge is 0.332 e. The van der Waals surface area contributed by atoms with Gasteiger partial charge < -0.3 is 10.1 Å². The second-order valence-corrected chi connectivity index (χ2v) is 9.25. The Hall–Kier alpha value is -3.36. The van der Waals surface area contributed by atoms with Crippen LogP contribution in [-0.4, -0.2) is 31.2 Å². The fourth-order valence-electron chi connectivity index (χ4n) is 3.61. The molecule has 0 fully saturated rings. The van der Waals surface area contributed by atoms with Crippen molar-refractivity contribution in [3.8, 4) is 6.01 Å². The van der Waals surface area contributed by atoms with E-state index in [-0.39, 0.29) is 29.4 Å². The van der Waals surface area contributed by atoms with E-state index in [1.807, 2.05) is 31.2 Å². The van der Waals surface area contributed by atoms with Crippen LogP contribution in [0.1, 0.15) is 52.5 Å². The molecule has 0 aliphatic carbocycles. The highest BCUT2D eigenvalue weighted by Crippen LogP contribution is 2.24. The lowest BCUT2D eigenvalue weighted by molar-refractivity contribution is -0.116. The van der Waals surface area contributed by atoms with Crippen molar-refractivity contribution in [1.29, 1.82) is 0 Å². The van der Waals surface area contributed by atoms with Crippen molar-refractivity contribution in [3.63, 3.8) is 0 Å². The number of aryl methyl sites for hydroxylation is 2. The summed E-state index contributed by atoms with van der Waals surface area (Å²) in [5.41, 5.74) is 1.68. The normalized spacial score (nSPS) is 11.7. The number of rotatable bonds is 8. The molecule has 0 saturated carbocycles. The molecule has 3 aromatic rings. The van der Waals surface area contributed by atoms with Crippen LogP contribution in [0.3, 0.4) is 0 Å². The van der Waals surface area contributed by atoms with Crippen molar-refractivity contribution in [2.45, 2.75) is 58.9 Å². The SMILES string of the molecule is CCCOc1nc2c(c(=O)n(C)c(=O)n2C)n1CCCC(=O)Nc1ccc(C(C)(C)C)cc1. The third-order valence-electron chi connectivity index (χ3n) is 5.57.